The molecule has 0 bridgehead atoms. The Kier molecular flexibility index (Phi) is 9.36. The van der Waals surface area contributed by atoms with Crippen LogP contribution in [0.3, 0.4) is 0 Å². The predicted octanol–water partition coefficient (Wildman–Crippen LogP) is 5.91. The van der Waals surface area contributed by atoms with Gasteiger partial charge in [-0.1, -0.05) is 11.6 Å². The molecule has 0 saturated heterocycles. The molecule has 2 aromatic rings. The van der Waals surface area contributed by atoms with Crippen LogP contribution in [0, 0.1) is 0 Å². The summed E-state index contributed by atoms with van der Waals surface area (Å²) in [6, 6.07) is 1.76. The average Bonchev–Trinajstić information content (AvgIpc) is 3.31. The third-order valence-electron chi connectivity index (χ3n) is 4.58. The van der Waals surface area contributed by atoms with E-state index in [-0.39, 0.29) is 29.7 Å². The Labute approximate surface area is 226 Å². The van der Waals surface area contributed by atoms with Crippen LogP contribution in [0.1, 0.15) is 62.6 Å². The first kappa shape index (κ1) is 31.2. The molecule has 0 aliphatic rings. The molecule has 0 unspecified atom stereocenters. The van der Waals surface area contributed by atoms with E-state index in [1.165, 1.54) is 22.9 Å². The van der Waals surface area contributed by atoms with Crippen molar-refractivity contribution in [2.24, 2.45) is 0 Å². The highest BCUT2D eigenvalue weighted by Crippen LogP contribution is 2.35. The number of carbonyl (C=O) groups is 3. The first-order valence-corrected chi connectivity index (χ1v) is 12.5. The molecule has 0 atom stereocenters. The van der Waals surface area contributed by atoms with Crippen LogP contribution in [-0.2, 0) is 22.2 Å². The molecule has 10 nitrogen and oxygen atoms in total. The van der Waals surface area contributed by atoms with E-state index in [4.69, 9.17) is 21.1 Å². The van der Waals surface area contributed by atoms with E-state index < -0.39 is 46.9 Å². The van der Waals surface area contributed by atoms with Crippen LogP contribution in [0.15, 0.2) is 12.1 Å². The normalized spacial score (nSPS) is 12.3. The van der Waals surface area contributed by atoms with Gasteiger partial charge in [-0.3, -0.25) is 0 Å². The summed E-state index contributed by atoms with van der Waals surface area (Å²) in [6.07, 6.45) is -6.16. The fraction of sp³-hybridized carbons (Fsp3) is 0.565. The van der Waals surface area contributed by atoms with Crippen LogP contribution >= 0.6 is 22.9 Å². The zero-order valence-corrected chi connectivity index (χ0v) is 23.5. The van der Waals surface area contributed by atoms with Gasteiger partial charge in [-0.15, -0.1) is 11.3 Å². The van der Waals surface area contributed by atoms with Gasteiger partial charge < -0.3 is 24.4 Å². The van der Waals surface area contributed by atoms with Gasteiger partial charge in [0.25, 0.3) is 0 Å². The van der Waals surface area contributed by atoms with Crippen LogP contribution < -0.4 is 0 Å². The number of ether oxygens (including phenoxy) is 2. The maximum atomic E-state index is 13.2. The van der Waals surface area contributed by atoms with Crippen molar-refractivity contribution in [3.63, 3.8) is 0 Å². The van der Waals surface area contributed by atoms with Crippen molar-refractivity contribution in [2.45, 2.75) is 65.5 Å². The zero-order chi connectivity index (χ0) is 29.2. The second-order valence-corrected chi connectivity index (χ2v) is 12.0. The van der Waals surface area contributed by atoms with Gasteiger partial charge in [0.2, 0.25) is 0 Å². The van der Waals surface area contributed by atoms with Gasteiger partial charge in [0.05, 0.1) is 12.2 Å². The minimum Gasteiger partial charge on any atom is -0.477 e. The molecule has 0 radical (unpaired) electrons. The molecule has 2 rings (SSSR count). The van der Waals surface area contributed by atoms with Crippen LogP contribution in [0.5, 0.6) is 0 Å². The summed E-state index contributed by atoms with van der Waals surface area (Å²) in [5, 5.41) is 12.8. The minimum absolute atomic E-state index is 0.0237. The van der Waals surface area contributed by atoms with Gasteiger partial charge in [-0.05, 0) is 47.6 Å². The first-order chi connectivity index (χ1) is 17.2. The quantitative estimate of drug-likeness (QED) is 0.432. The molecule has 0 fully saturated rings. The van der Waals surface area contributed by atoms with Crippen molar-refractivity contribution in [2.75, 3.05) is 20.1 Å². The van der Waals surface area contributed by atoms with E-state index in [1.54, 1.807) is 41.5 Å². The van der Waals surface area contributed by atoms with E-state index in [9.17, 15) is 32.7 Å². The first-order valence-electron chi connectivity index (χ1n) is 11.3. The number of carboxylic acid groups (broad SMARTS) is 1. The molecule has 1 N–H and O–H groups in total. The number of amides is 2. The lowest BCUT2D eigenvalue weighted by Gasteiger charge is -2.29. The maximum absolute atomic E-state index is 13.2. The van der Waals surface area contributed by atoms with Gasteiger partial charge in [-0.2, -0.15) is 18.3 Å². The Bertz CT molecular complexity index is 1180. The Hall–Kier alpha value is -3.00. The summed E-state index contributed by atoms with van der Waals surface area (Å²) in [4.78, 5) is 39.8. The standard InChI is InChI=1S/C23H30ClF3N4O6S/c1-21(2,3)36-19(34)29(7)8-9-30(20(35)37-22(4,5)6)12-13-10-14(17(24)38-13)31-15(18(32)33)11-16(28-31)23(25,26)27/h10-11H,8-9,12H2,1-7H3,(H,32,33). The lowest BCUT2D eigenvalue weighted by molar-refractivity contribution is -0.141. The van der Waals surface area contributed by atoms with Crippen LogP contribution in [0.4, 0.5) is 22.8 Å². The fourth-order valence-corrected chi connectivity index (χ4v) is 4.24. The Morgan fingerprint density at radius 2 is 1.58 bits per heavy atom. The number of rotatable bonds is 7. The molecule has 0 spiro atoms. The lowest BCUT2D eigenvalue weighted by atomic mass is 10.2. The molecule has 0 aromatic carbocycles. The molecule has 0 saturated carbocycles. The fourth-order valence-electron chi connectivity index (χ4n) is 2.94. The summed E-state index contributed by atoms with van der Waals surface area (Å²) < 4.78 is 50.8. The number of carbonyl (C=O) groups excluding carboxylic acids is 2. The largest absolute Gasteiger partial charge is 0.477 e. The Morgan fingerprint density at radius 3 is 2.08 bits per heavy atom. The van der Waals surface area contributed by atoms with Crippen molar-refractivity contribution in [1.82, 2.24) is 19.6 Å². The van der Waals surface area contributed by atoms with Crippen molar-refractivity contribution < 1.29 is 42.1 Å². The van der Waals surface area contributed by atoms with Crippen molar-refractivity contribution in [3.8, 4) is 5.69 Å². The Balaban J connectivity index is 2.34. The van der Waals surface area contributed by atoms with Gasteiger partial charge in [0, 0.05) is 31.1 Å². The smallest absolute Gasteiger partial charge is 0.435 e. The third kappa shape index (κ3) is 8.79. The number of aromatic carboxylic acids is 1. The maximum Gasteiger partial charge on any atom is 0.435 e. The van der Waals surface area contributed by atoms with Gasteiger partial charge in [0.1, 0.15) is 15.5 Å². The number of carboxylic acids is 1. The highest BCUT2D eigenvalue weighted by atomic mass is 35.5. The highest BCUT2D eigenvalue weighted by molar-refractivity contribution is 7.16. The van der Waals surface area contributed by atoms with E-state index in [0.717, 1.165) is 11.3 Å². The van der Waals surface area contributed by atoms with E-state index in [2.05, 4.69) is 5.10 Å². The molecular weight excluding hydrogens is 553 g/mol. The second kappa shape index (κ2) is 11.4. The monoisotopic (exact) mass is 582 g/mol. The van der Waals surface area contributed by atoms with Gasteiger partial charge in [0.15, 0.2) is 11.4 Å². The van der Waals surface area contributed by atoms with E-state index in [1.807, 2.05) is 0 Å². The van der Waals surface area contributed by atoms with E-state index in [0.29, 0.717) is 15.6 Å². The van der Waals surface area contributed by atoms with E-state index >= 15 is 0 Å². The number of hydrogen-bond acceptors (Lipinski definition) is 7. The summed E-state index contributed by atoms with van der Waals surface area (Å²) >= 11 is 7.19. The lowest BCUT2D eigenvalue weighted by Crippen LogP contribution is -2.42. The molecule has 0 aliphatic heterocycles. The molecule has 2 amide bonds. The molecule has 212 valence electrons. The van der Waals surface area contributed by atoms with Crippen LogP contribution in [0.25, 0.3) is 5.69 Å². The van der Waals surface area contributed by atoms with Gasteiger partial charge >= 0.3 is 24.3 Å². The summed E-state index contributed by atoms with van der Waals surface area (Å²) in [5.74, 6) is -1.63. The number of likely N-dealkylation sites (N-methyl/N-ethyl adjacent to an activating group) is 1. The SMILES string of the molecule is CN(CCN(Cc1cc(-n2nc(C(F)(F)F)cc2C(=O)O)c(Cl)s1)C(=O)OC(C)(C)C)C(=O)OC(C)(C)C. The topological polar surface area (TPSA) is 114 Å². The van der Waals surface area contributed by atoms with Crippen LogP contribution in [-0.4, -0.2) is 74.2 Å². The molecule has 38 heavy (non-hydrogen) atoms. The predicted molar refractivity (Wildman–Crippen MR) is 134 cm³/mol. The molecule has 15 heteroatoms. The molecule has 0 aliphatic carbocycles. The average molecular weight is 583 g/mol. The number of halogens is 4. The van der Waals surface area contributed by atoms with Crippen molar-refractivity contribution in [1.29, 1.82) is 0 Å². The molecule has 2 heterocycles. The number of aromatic nitrogens is 2. The Morgan fingerprint density at radius 1 is 1.03 bits per heavy atom. The second-order valence-electron chi connectivity index (χ2n) is 10.3. The van der Waals surface area contributed by atoms with Crippen LogP contribution in [0.2, 0.25) is 4.34 Å². The van der Waals surface area contributed by atoms with Gasteiger partial charge in [-0.25, -0.2) is 19.1 Å². The third-order valence-corrected chi connectivity index (χ3v) is 5.90. The highest BCUT2D eigenvalue weighted by Gasteiger charge is 2.36. The minimum atomic E-state index is -4.87. The number of thiophene rings is 1. The zero-order valence-electron chi connectivity index (χ0n) is 22.0. The molecule has 2 aromatic heterocycles. The summed E-state index contributed by atoms with van der Waals surface area (Å²) in [7, 11) is 1.50. The summed E-state index contributed by atoms with van der Waals surface area (Å²) in [6.45, 7) is 10.2. The molecular formula is C23H30ClF3N4O6S. The van der Waals surface area contributed by atoms with Crippen molar-refractivity contribution >= 4 is 41.1 Å². The number of nitrogens with zero attached hydrogens (tertiary/aromatic N) is 4. The van der Waals surface area contributed by atoms with Crippen molar-refractivity contribution in [3.05, 3.63) is 32.7 Å². The number of hydrogen-bond donors (Lipinski definition) is 1. The number of alkyl halides is 3. The summed E-state index contributed by atoms with van der Waals surface area (Å²) in [5.41, 5.74) is -3.75.